The minimum absolute atomic E-state index is 0.427. The van der Waals surface area contributed by atoms with Crippen molar-refractivity contribution in [2.45, 2.75) is 19.4 Å². The molecule has 6 nitrogen and oxygen atoms in total. The molecule has 0 fully saturated rings. The Hall–Kier alpha value is -1.08. The van der Waals surface area contributed by atoms with Crippen molar-refractivity contribution in [2.75, 3.05) is 26.4 Å². The van der Waals surface area contributed by atoms with E-state index in [1.165, 1.54) is 0 Å². The lowest BCUT2D eigenvalue weighted by molar-refractivity contribution is 0.447. The Morgan fingerprint density at radius 3 is 2.41 bits per heavy atom. The van der Waals surface area contributed by atoms with E-state index in [9.17, 15) is 8.42 Å². The van der Waals surface area contributed by atoms with Gasteiger partial charge in [-0.3, -0.25) is 4.99 Å². The van der Waals surface area contributed by atoms with Gasteiger partial charge in [0.2, 0.25) is 10.0 Å². The number of sulfonamides is 1. The summed E-state index contributed by atoms with van der Waals surface area (Å²) in [5.74, 6) is 0.605. The molecule has 0 amide bonds. The third-order valence-corrected chi connectivity index (χ3v) is 2.72. The highest BCUT2D eigenvalue weighted by Gasteiger charge is 2.22. The highest BCUT2D eigenvalue weighted by molar-refractivity contribution is 7.88. The number of nitrogens with one attached hydrogen (secondary N) is 3. The molecule has 0 aliphatic rings. The second-order valence-electron chi connectivity index (χ2n) is 4.35. The van der Waals surface area contributed by atoms with Crippen LogP contribution in [0.5, 0.6) is 0 Å². The predicted octanol–water partition coefficient (Wildman–Crippen LogP) is -0.335. The zero-order valence-electron chi connectivity index (χ0n) is 10.9. The molecule has 0 saturated heterocycles. The molecular formula is C10H22N4O2S. The van der Waals surface area contributed by atoms with Crippen LogP contribution in [0.4, 0.5) is 0 Å². The van der Waals surface area contributed by atoms with Crippen molar-refractivity contribution in [3.63, 3.8) is 0 Å². The van der Waals surface area contributed by atoms with Crippen LogP contribution in [-0.4, -0.2) is 46.3 Å². The van der Waals surface area contributed by atoms with E-state index in [4.69, 9.17) is 0 Å². The first-order valence-electron chi connectivity index (χ1n) is 5.24. The summed E-state index contributed by atoms with van der Waals surface area (Å²) >= 11 is 0. The molecule has 0 aliphatic heterocycles. The van der Waals surface area contributed by atoms with Crippen LogP contribution < -0.4 is 15.4 Å². The topological polar surface area (TPSA) is 82.6 Å². The van der Waals surface area contributed by atoms with Crippen LogP contribution >= 0.6 is 0 Å². The smallest absolute Gasteiger partial charge is 0.209 e. The van der Waals surface area contributed by atoms with Crippen LogP contribution in [0.1, 0.15) is 13.8 Å². The number of nitrogens with zero attached hydrogens (tertiary/aromatic N) is 1. The molecule has 0 aromatic rings. The largest absolute Gasteiger partial charge is 0.355 e. The maximum atomic E-state index is 11.1. The standard InChI is InChI=1S/C10H22N4O2S/c1-6-7-12-9(11-4)13-8-10(2,3)14-17(5,15)16/h6,14H,1,7-8H2,2-5H3,(H2,11,12,13). The number of aliphatic imine (C=N–C) groups is 1. The van der Waals surface area contributed by atoms with Gasteiger partial charge in [0.1, 0.15) is 0 Å². The summed E-state index contributed by atoms with van der Waals surface area (Å²) < 4.78 is 24.8. The Morgan fingerprint density at radius 1 is 1.41 bits per heavy atom. The third kappa shape index (κ3) is 8.70. The third-order valence-electron chi connectivity index (χ3n) is 1.80. The fraction of sp³-hybridized carbons (Fsp3) is 0.700. The monoisotopic (exact) mass is 262 g/mol. The molecule has 0 bridgehead atoms. The normalized spacial score (nSPS) is 13.3. The van der Waals surface area contributed by atoms with Crippen molar-refractivity contribution in [1.29, 1.82) is 0 Å². The molecule has 0 heterocycles. The molecule has 0 aromatic heterocycles. The number of rotatable bonds is 6. The van der Waals surface area contributed by atoms with Gasteiger partial charge in [-0.05, 0) is 13.8 Å². The van der Waals surface area contributed by atoms with Gasteiger partial charge in [-0.25, -0.2) is 13.1 Å². The van der Waals surface area contributed by atoms with Crippen LogP contribution in [0.3, 0.4) is 0 Å². The molecule has 0 unspecified atom stereocenters. The molecule has 0 aromatic carbocycles. The Kier molecular flexibility index (Phi) is 6.19. The van der Waals surface area contributed by atoms with Crippen molar-refractivity contribution < 1.29 is 8.42 Å². The average molecular weight is 262 g/mol. The maximum Gasteiger partial charge on any atom is 0.209 e. The summed E-state index contributed by atoms with van der Waals surface area (Å²) in [7, 11) is -1.57. The minimum atomic E-state index is -3.22. The van der Waals surface area contributed by atoms with Gasteiger partial charge < -0.3 is 10.6 Å². The van der Waals surface area contributed by atoms with E-state index in [0.29, 0.717) is 19.0 Å². The summed E-state index contributed by atoms with van der Waals surface area (Å²) in [6.07, 6.45) is 2.85. The molecule has 17 heavy (non-hydrogen) atoms. The van der Waals surface area contributed by atoms with Gasteiger partial charge >= 0.3 is 0 Å². The van der Waals surface area contributed by atoms with Crippen molar-refractivity contribution in [3.05, 3.63) is 12.7 Å². The summed E-state index contributed by atoms with van der Waals surface area (Å²) in [4.78, 5) is 3.99. The Morgan fingerprint density at radius 2 is 2.00 bits per heavy atom. The quantitative estimate of drug-likeness (QED) is 0.348. The lowest BCUT2D eigenvalue weighted by Crippen LogP contribution is -2.53. The van der Waals surface area contributed by atoms with E-state index in [1.54, 1.807) is 27.0 Å². The van der Waals surface area contributed by atoms with Gasteiger partial charge in [0.05, 0.1) is 6.26 Å². The fourth-order valence-corrected chi connectivity index (χ4v) is 2.31. The molecule has 7 heteroatoms. The lowest BCUT2D eigenvalue weighted by Gasteiger charge is -2.26. The highest BCUT2D eigenvalue weighted by atomic mass is 32.2. The molecule has 3 N–H and O–H groups in total. The van der Waals surface area contributed by atoms with Crippen molar-refractivity contribution in [2.24, 2.45) is 4.99 Å². The number of guanidine groups is 1. The molecule has 0 rings (SSSR count). The minimum Gasteiger partial charge on any atom is -0.355 e. The SMILES string of the molecule is C=CCNC(=NC)NCC(C)(C)NS(C)(=O)=O. The zero-order valence-corrected chi connectivity index (χ0v) is 11.7. The van der Waals surface area contributed by atoms with E-state index < -0.39 is 15.6 Å². The summed E-state index contributed by atoms with van der Waals surface area (Å²) in [5.41, 5.74) is -0.584. The second-order valence-corrected chi connectivity index (χ2v) is 6.10. The van der Waals surface area contributed by atoms with E-state index in [0.717, 1.165) is 6.26 Å². The summed E-state index contributed by atoms with van der Waals surface area (Å²) in [6.45, 7) is 8.20. The van der Waals surface area contributed by atoms with Crippen molar-refractivity contribution in [1.82, 2.24) is 15.4 Å². The van der Waals surface area contributed by atoms with E-state index in [1.807, 2.05) is 0 Å². The first-order valence-corrected chi connectivity index (χ1v) is 7.14. The van der Waals surface area contributed by atoms with Gasteiger partial charge in [-0.1, -0.05) is 6.08 Å². The van der Waals surface area contributed by atoms with Gasteiger partial charge in [-0.15, -0.1) is 6.58 Å². The Labute approximate surface area is 104 Å². The lowest BCUT2D eigenvalue weighted by atomic mass is 10.1. The van der Waals surface area contributed by atoms with Crippen molar-refractivity contribution in [3.8, 4) is 0 Å². The van der Waals surface area contributed by atoms with Crippen LogP contribution in [0, 0.1) is 0 Å². The number of hydrogen-bond acceptors (Lipinski definition) is 3. The first kappa shape index (κ1) is 15.9. The van der Waals surface area contributed by atoms with Gasteiger partial charge in [0, 0.05) is 25.7 Å². The van der Waals surface area contributed by atoms with Crippen LogP contribution in [0.15, 0.2) is 17.6 Å². The molecule has 0 saturated carbocycles. The molecule has 0 radical (unpaired) electrons. The summed E-state index contributed by atoms with van der Waals surface area (Å²) in [5, 5.41) is 6.03. The van der Waals surface area contributed by atoms with E-state index in [-0.39, 0.29) is 0 Å². The Balaban J connectivity index is 4.29. The maximum absolute atomic E-state index is 11.1. The summed E-state index contributed by atoms with van der Waals surface area (Å²) in [6, 6.07) is 0. The second kappa shape index (κ2) is 6.61. The zero-order chi connectivity index (χ0) is 13.5. The van der Waals surface area contributed by atoms with Crippen molar-refractivity contribution >= 4 is 16.0 Å². The highest BCUT2D eigenvalue weighted by Crippen LogP contribution is 2.01. The number of hydrogen-bond donors (Lipinski definition) is 3. The molecule has 0 spiro atoms. The van der Waals surface area contributed by atoms with Gasteiger partial charge in [-0.2, -0.15) is 0 Å². The fourth-order valence-electron chi connectivity index (χ4n) is 1.23. The van der Waals surface area contributed by atoms with E-state index >= 15 is 0 Å². The van der Waals surface area contributed by atoms with Gasteiger partial charge in [0.15, 0.2) is 5.96 Å². The Bertz CT molecular complexity index is 374. The first-order chi connectivity index (χ1) is 7.70. The van der Waals surface area contributed by atoms with Gasteiger partial charge in [0.25, 0.3) is 0 Å². The van der Waals surface area contributed by atoms with Crippen LogP contribution in [0.2, 0.25) is 0 Å². The molecular weight excluding hydrogens is 240 g/mol. The molecule has 100 valence electrons. The molecule has 0 atom stereocenters. The van der Waals surface area contributed by atoms with E-state index in [2.05, 4.69) is 26.9 Å². The molecule has 0 aliphatic carbocycles. The van der Waals surface area contributed by atoms with Crippen LogP contribution in [-0.2, 0) is 10.0 Å². The predicted molar refractivity (Wildman–Crippen MR) is 71.6 cm³/mol. The van der Waals surface area contributed by atoms with Crippen LogP contribution in [0.25, 0.3) is 0 Å². The average Bonchev–Trinajstić information content (AvgIpc) is 2.14.